The van der Waals surface area contributed by atoms with Gasteiger partial charge in [-0.25, -0.2) is 4.79 Å². The molecule has 1 aliphatic heterocycles. The fraction of sp³-hybridized carbons (Fsp3) is 0.583. The monoisotopic (exact) mass is 254 g/mol. The zero-order valence-electron chi connectivity index (χ0n) is 10.7. The van der Waals surface area contributed by atoms with Crippen LogP contribution in [0.25, 0.3) is 0 Å². The number of carbonyl (C=O) groups is 3. The maximum Gasteiger partial charge on any atom is 0.331 e. The fourth-order valence-corrected chi connectivity index (χ4v) is 1.68. The number of amides is 2. The lowest BCUT2D eigenvalue weighted by atomic mass is 10.2. The Hall–Kier alpha value is -1.85. The van der Waals surface area contributed by atoms with Gasteiger partial charge < -0.3 is 14.9 Å². The van der Waals surface area contributed by atoms with Crippen LogP contribution < -0.4 is 0 Å². The molecule has 0 saturated carbocycles. The first-order valence-electron chi connectivity index (χ1n) is 5.91. The Kier molecular flexibility index (Phi) is 4.88. The summed E-state index contributed by atoms with van der Waals surface area (Å²) in [5.74, 6) is -1.24. The van der Waals surface area contributed by atoms with E-state index in [1.807, 2.05) is 6.92 Å². The van der Waals surface area contributed by atoms with E-state index in [0.29, 0.717) is 6.54 Å². The molecular weight excluding hydrogens is 236 g/mol. The summed E-state index contributed by atoms with van der Waals surface area (Å²) in [7, 11) is 0. The minimum absolute atomic E-state index is 0.0300. The third-order valence-corrected chi connectivity index (χ3v) is 2.81. The molecule has 0 bridgehead atoms. The molecule has 18 heavy (non-hydrogen) atoms. The van der Waals surface area contributed by atoms with E-state index >= 15 is 0 Å². The van der Waals surface area contributed by atoms with Crippen molar-refractivity contribution < 1.29 is 19.5 Å². The number of hydrogen-bond donors (Lipinski definition) is 1. The molecule has 1 heterocycles. The Bertz CT molecular complexity index is 390. The van der Waals surface area contributed by atoms with Crippen LogP contribution in [0.2, 0.25) is 0 Å². The summed E-state index contributed by atoms with van der Waals surface area (Å²) in [4.78, 5) is 37.0. The standard InChI is InChI=1S/C12H18N2O4/c1-3-5-13-7-11(16)14(8-10(13)15)6-4-9(2)12(17)18/h4H,3,5-8H2,1-2H3,(H,17,18). The number of hydrogen-bond acceptors (Lipinski definition) is 3. The lowest BCUT2D eigenvalue weighted by molar-refractivity contribution is -0.149. The molecule has 6 heteroatoms. The average Bonchev–Trinajstić information content (AvgIpc) is 2.31. The van der Waals surface area contributed by atoms with E-state index in [9.17, 15) is 14.4 Å². The van der Waals surface area contributed by atoms with Crippen LogP contribution in [-0.2, 0) is 14.4 Å². The molecular formula is C12H18N2O4. The van der Waals surface area contributed by atoms with Crippen LogP contribution in [0.3, 0.4) is 0 Å². The van der Waals surface area contributed by atoms with Crippen LogP contribution in [0.1, 0.15) is 20.3 Å². The summed E-state index contributed by atoms with van der Waals surface area (Å²) in [5.41, 5.74) is 0.172. The Morgan fingerprint density at radius 1 is 1.28 bits per heavy atom. The summed E-state index contributed by atoms with van der Waals surface area (Å²) in [5, 5.41) is 8.69. The summed E-state index contributed by atoms with van der Waals surface area (Å²) in [6, 6.07) is 0. The molecule has 0 aliphatic carbocycles. The maximum atomic E-state index is 11.8. The van der Waals surface area contributed by atoms with Crippen LogP contribution in [0.4, 0.5) is 0 Å². The van der Waals surface area contributed by atoms with E-state index in [1.165, 1.54) is 22.8 Å². The Morgan fingerprint density at radius 3 is 2.39 bits per heavy atom. The zero-order chi connectivity index (χ0) is 13.7. The summed E-state index contributed by atoms with van der Waals surface area (Å²) in [6.45, 7) is 4.28. The van der Waals surface area contributed by atoms with E-state index in [2.05, 4.69) is 0 Å². The third kappa shape index (κ3) is 3.58. The number of carboxylic acids is 1. The molecule has 0 aromatic carbocycles. The van der Waals surface area contributed by atoms with E-state index in [0.717, 1.165) is 6.42 Å². The predicted molar refractivity (Wildman–Crippen MR) is 64.8 cm³/mol. The molecule has 6 nitrogen and oxygen atoms in total. The van der Waals surface area contributed by atoms with Gasteiger partial charge in [-0.3, -0.25) is 9.59 Å². The number of nitrogens with zero attached hydrogens (tertiary/aromatic N) is 2. The number of rotatable bonds is 5. The number of aliphatic carboxylic acids is 1. The van der Waals surface area contributed by atoms with Crippen molar-refractivity contribution in [3.63, 3.8) is 0 Å². The van der Waals surface area contributed by atoms with Gasteiger partial charge in [0.25, 0.3) is 0 Å². The van der Waals surface area contributed by atoms with Crippen LogP contribution >= 0.6 is 0 Å². The molecule has 100 valence electrons. The molecule has 0 unspecified atom stereocenters. The summed E-state index contributed by atoms with van der Waals surface area (Å²) in [6.07, 6.45) is 2.26. The Labute approximate surface area is 106 Å². The summed E-state index contributed by atoms with van der Waals surface area (Å²) < 4.78 is 0. The zero-order valence-corrected chi connectivity index (χ0v) is 10.7. The van der Waals surface area contributed by atoms with E-state index < -0.39 is 5.97 Å². The van der Waals surface area contributed by atoms with Gasteiger partial charge in [-0.15, -0.1) is 0 Å². The van der Waals surface area contributed by atoms with Crippen LogP contribution in [0, 0.1) is 0 Å². The molecule has 1 N–H and O–H groups in total. The molecule has 0 spiro atoms. The largest absolute Gasteiger partial charge is 0.478 e. The maximum absolute atomic E-state index is 11.8. The topological polar surface area (TPSA) is 77.9 Å². The second-order valence-electron chi connectivity index (χ2n) is 4.28. The molecule has 1 fully saturated rings. The second kappa shape index (κ2) is 6.18. The number of carbonyl (C=O) groups excluding carboxylic acids is 2. The van der Waals surface area contributed by atoms with E-state index in [4.69, 9.17) is 5.11 Å². The molecule has 1 rings (SSSR count). The number of piperazine rings is 1. The molecule has 0 radical (unpaired) electrons. The predicted octanol–water partition coefficient (Wildman–Crippen LogP) is 0.0981. The van der Waals surface area contributed by atoms with Crippen molar-refractivity contribution in [3.05, 3.63) is 11.6 Å². The minimum atomic E-state index is -1.02. The quantitative estimate of drug-likeness (QED) is 0.706. The molecule has 0 aromatic rings. The van der Waals surface area contributed by atoms with E-state index in [1.54, 1.807) is 0 Å². The van der Waals surface area contributed by atoms with Crippen LogP contribution in [0.5, 0.6) is 0 Å². The van der Waals surface area contributed by atoms with Crippen molar-refractivity contribution in [1.82, 2.24) is 9.80 Å². The average molecular weight is 254 g/mol. The van der Waals surface area contributed by atoms with Gasteiger partial charge in [-0.2, -0.15) is 0 Å². The van der Waals surface area contributed by atoms with Crippen LogP contribution in [-0.4, -0.2) is 58.9 Å². The Balaban J connectivity index is 2.60. The highest BCUT2D eigenvalue weighted by atomic mass is 16.4. The molecule has 2 amide bonds. The van der Waals surface area contributed by atoms with Crippen molar-refractivity contribution in [3.8, 4) is 0 Å². The van der Waals surface area contributed by atoms with Gasteiger partial charge in [0, 0.05) is 18.7 Å². The van der Waals surface area contributed by atoms with Gasteiger partial charge in [0.05, 0.1) is 6.54 Å². The van der Waals surface area contributed by atoms with Gasteiger partial charge in [-0.05, 0) is 13.3 Å². The van der Waals surface area contributed by atoms with E-state index in [-0.39, 0.29) is 37.0 Å². The van der Waals surface area contributed by atoms with Gasteiger partial charge in [0.15, 0.2) is 0 Å². The smallest absolute Gasteiger partial charge is 0.331 e. The number of carboxylic acid groups (broad SMARTS) is 1. The van der Waals surface area contributed by atoms with Crippen LogP contribution in [0.15, 0.2) is 11.6 Å². The highest BCUT2D eigenvalue weighted by molar-refractivity contribution is 5.92. The summed E-state index contributed by atoms with van der Waals surface area (Å²) >= 11 is 0. The first kappa shape index (κ1) is 14.2. The van der Waals surface area contributed by atoms with Crippen molar-refractivity contribution >= 4 is 17.8 Å². The second-order valence-corrected chi connectivity index (χ2v) is 4.28. The SMILES string of the molecule is CCCN1CC(=O)N(CC=C(C)C(=O)O)CC1=O. The van der Waals surface area contributed by atoms with Crippen molar-refractivity contribution in [2.75, 3.05) is 26.2 Å². The first-order valence-corrected chi connectivity index (χ1v) is 5.91. The third-order valence-electron chi connectivity index (χ3n) is 2.81. The van der Waals surface area contributed by atoms with Crippen molar-refractivity contribution in [1.29, 1.82) is 0 Å². The molecule has 1 aliphatic rings. The molecule has 0 atom stereocenters. The van der Waals surface area contributed by atoms with Gasteiger partial charge in [-0.1, -0.05) is 13.0 Å². The van der Waals surface area contributed by atoms with Crippen molar-refractivity contribution in [2.24, 2.45) is 0 Å². The first-order chi connectivity index (χ1) is 8.45. The normalized spacial score (nSPS) is 17.3. The fourth-order valence-electron chi connectivity index (χ4n) is 1.68. The van der Waals surface area contributed by atoms with Gasteiger partial charge >= 0.3 is 5.97 Å². The Morgan fingerprint density at radius 2 is 1.83 bits per heavy atom. The van der Waals surface area contributed by atoms with Gasteiger partial charge in [0.2, 0.25) is 11.8 Å². The highest BCUT2D eigenvalue weighted by Crippen LogP contribution is 2.06. The lowest BCUT2D eigenvalue weighted by Crippen LogP contribution is -2.53. The molecule has 0 aromatic heterocycles. The lowest BCUT2D eigenvalue weighted by Gasteiger charge is -2.33. The molecule has 1 saturated heterocycles. The van der Waals surface area contributed by atoms with Gasteiger partial charge in [0.1, 0.15) is 6.54 Å². The van der Waals surface area contributed by atoms with Crippen molar-refractivity contribution in [2.45, 2.75) is 20.3 Å². The minimum Gasteiger partial charge on any atom is -0.478 e. The highest BCUT2D eigenvalue weighted by Gasteiger charge is 2.28.